The van der Waals surface area contributed by atoms with Crippen LogP contribution < -0.4 is 5.32 Å². The molecular weight excluding hydrogens is 298 g/mol. The molecule has 0 bridgehead atoms. The van der Waals surface area contributed by atoms with E-state index < -0.39 is 23.9 Å². The third kappa shape index (κ3) is 6.34. The Morgan fingerprint density at radius 1 is 1.22 bits per heavy atom. The van der Waals surface area contributed by atoms with Crippen molar-refractivity contribution in [3.05, 3.63) is 48.0 Å². The molecular formula is C17H21NO5. The molecule has 0 heterocycles. The maximum absolute atomic E-state index is 12.1. The highest BCUT2D eigenvalue weighted by atomic mass is 16.5. The molecule has 0 aliphatic carbocycles. The predicted octanol–water partition coefficient (Wildman–Crippen LogP) is 1.40. The van der Waals surface area contributed by atoms with Crippen LogP contribution in [0.15, 0.2) is 42.5 Å². The molecule has 0 spiro atoms. The molecule has 1 rings (SSSR count). The van der Waals surface area contributed by atoms with Gasteiger partial charge in [0.25, 0.3) is 0 Å². The lowest BCUT2D eigenvalue weighted by molar-refractivity contribution is -0.147. The minimum atomic E-state index is -0.848. The van der Waals surface area contributed by atoms with Crippen LogP contribution in [0.25, 0.3) is 0 Å². The van der Waals surface area contributed by atoms with E-state index in [-0.39, 0.29) is 25.0 Å². The molecule has 0 fully saturated rings. The first-order valence-corrected chi connectivity index (χ1v) is 7.24. The van der Waals surface area contributed by atoms with Gasteiger partial charge in [0.2, 0.25) is 5.91 Å². The number of amides is 1. The average molecular weight is 319 g/mol. The van der Waals surface area contributed by atoms with E-state index in [1.54, 1.807) is 6.92 Å². The van der Waals surface area contributed by atoms with Crippen molar-refractivity contribution >= 4 is 17.8 Å². The van der Waals surface area contributed by atoms with Crippen LogP contribution >= 0.6 is 0 Å². The van der Waals surface area contributed by atoms with E-state index in [0.29, 0.717) is 0 Å². The van der Waals surface area contributed by atoms with Crippen molar-refractivity contribution in [2.75, 3.05) is 13.7 Å². The minimum Gasteiger partial charge on any atom is -0.469 e. The Balaban J connectivity index is 2.76. The number of methoxy groups -OCH3 is 1. The fraction of sp³-hybridized carbons (Fsp3) is 0.353. The van der Waals surface area contributed by atoms with Crippen molar-refractivity contribution in [1.82, 2.24) is 5.32 Å². The van der Waals surface area contributed by atoms with E-state index in [4.69, 9.17) is 4.74 Å². The number of nitrogens with one attached hydrogen (secondary N) is 1. The Labute approximate surface area is 135 Å². The number of carbonyl (C=O) groups is 3. The summed E-state index contributed by atoms with van der Waals surface area (Å²) >= 11 is 0. The second-order valence-electron chi connectivity index (χ2n) is 4.82. The van der Waals surface area contributed by atoms with Gasteiger partial charge < -0.3 is 14.8 Å². The first-order valence-electron chi connectivity index (χ1n) is 7.24. The number of benzene rings is 1. The molecule has 1 N–H and O–H groups in total. The lowest BCUT2D eigenvalue weighted by atomic mass is 10.1. The van der Waals surface area contributed by atoms with Crippen molar-refractivity contribution in [3.8, 4) is 0 Å². The van der Waals surface area contributed by atoms with E-state index >= 15 is 0 Å². The van der Waals surface area contributed by atoms with Gasteiger partial charge >= 0.3 is 11.9 Å². The molecule has 1 aromatic carbocycles. The minimum absolute atomic E-state index is 0.0270. The highest BCUT2D eigenvalue weighted by molar-refractivity contribution is 5.99. The SMILES string of the molecule is C=C(CC(=O)OC)C(=O)N[C@@H](Cc1ccccc1)C(=O)OCC. The van der Waals surface area contributed by atoms with Gasteiger partial charge in [0.15, 0.2) is 0 Å². The number of ether oxygens (including phenoxy) is 2. The van der Waals surface area contributed by atoms with Crippen LogP contribution in [0, 0.1) is 0 Å². The lowest BCUT2D eigenvalue weighted by Gasteiger charge is -2.18. The highest BCUT2D eigenvalue weighted by Crippen LogP contribution is 2.07. The second-order valence-corrected chi connectivity index (χ2v) is 4.82. The van der Waals surface area contributed by atoms with Gasteiger partial charge in [0.1, 0.15) is 6.04 Å². The number of rotatable bonds is 8. The smallest absolute Gasteiger partial charge is 0.328 e. The number of hydrogen-bond donors (Lipinski definition) is 1. The summed E-state index contributed by atoms with van der Waals surface area (Å²) in [5, 5.41) is 2.56. The van der Waals surface area contributed by atoms with Gasteiger partial charge in [-0.2, -0.15) is 0 Å². The number of carbonyl (C=O) groups excluding carboxylic acids is 3. The summed E-state index contributed by atoms with van der Waals surface area (Å²) in [5.41, 5.74) is 0.906. The Kier molecular flexibility index (Phi) is 7.53. The maximum Gasteiger partial charge on any atom is 0.328 e. The van der Waals surface area contributed by atoms with Crippen LogP contribution in [0.4, 0.5) is 0 Å². The van der Waals surface area contributed by atoms with Crippen LogP contribution in [0.1, 0.15) is 18.9 Å². The van der Waals surface area contributed by atoms with Crippen LogP contribution in [-0.2, 0) is 30.3 Å². The molecule has 0 aromatic heterocycles. The molecule has 1 amide bonds. The third-order valence-corrected chi connectivity index (χ3v) is 3.07. The van der Waals surface area contributed by atoms with Gasteiger partial charge in [0.05, 0.1) is 20.1 Å². The predicted molar refractivity (Wildman–Crippen MR) is 84.5 cm³/mol. The summed E-state index contributed by atoms with van der Waals surface area (Å²) in [4.78, 5) is 35.3. The molecule has 23 heavy (non-hydrogen) atoms. The van der Waals surface area contributed by atoms with Gasteiger partial charge in [-0.15, -0.1) is 0 Å². The standard InChI is InChI=1S/C17H21NO5/c1-4-23-17(21)14(11-13-8-6-5-7-9-13)18-16(20)12(2)10-15(19)22-3/h5-9,14H,2,4,10-11H2,1,3H3,(H,18,20)/t14-/m0/s1. The van der Waals surface area contributed by atoms with E-state index in [1.807, 2.05) is 30.3 Å². The summed E-state index contributed by atoms with van der Waals surface area (Å²) in [6, 6.07) is 8.40. The fourth-order valence-corrected chi connectivity index (χ4v) is 1.87. The topological polar surface area (TPSA) is 81.7 Å². The zero-order valence-corrected chi connectivity index (χ0v) is 13.3. The van der Waals surface area contributed by atoms with Crippen molar-refractivity contribution in [3.63, 3.8) is 0 Å². The second kappa shape index (κ2) is 9.40. The van der Waals surface area contributed by atoms with E-state index in [9.17, 15) is 14.4 Å². The zero-order chi connectivity index (χ0) is 17.2. The Morgan fingerprint density at radius 3 is 2.43 bits per heavy atom. The van der Waals surface area contributed by atoms with Crippen LogP contribution in [0.3, 0.4) is 0 Å². The monoisotopic (exact) mass is 319 g/mol. The molecule has 0 unspecified atom stereocenters. The van der Waals surface area contributed by atoms with Crippen LogP contribution in [-0.4, -0.2) is 37.6 Å². The van der Waals surface area contributed by atoms with Crippen molar-refractivity contribution < 1.29 is 23.9 Å². The van der Waals surface area contributed by atoms with Gasteiger partial charge in [-0.3, -0.25) is 9.59 Å². The molecule has 0 aliphatic rings. The summed E-state index contributed by atoms with van der Waals surface area (Å²) < 4.78 is 9.47. The summed E-state index contributed by atoms with van der Waals surface area (Å²) in [6.07, 6.45) is 0.0557. The van der Waals surface area contributed by atoms with Gasteiger partial charge in [0, 0.05) is 12.0 Å². The molecule has 6 nitrogen and oxygen atoms in total. The largest absolute Gasteiger partial charge is 0.469 e. The molecule has 124 valence electrons. The molecule has 1 atom stereocenters. The van der Waals surface area contributed by atoms with Gasteiger partial charge in [-0.25, -0.2) is 4.79 Å². The Hall–Kier alpha value is -2.63. The van der Waals surface area contributed by atoms with Crippen LogP contribution in [0.2, 0.25) is 0 Å². The Morgan fingerprint density at radius 2 is 1.87 bits per heavy atom. The summed E-state index contributed by atoms with van der Waals surface area (Å²) in [5.74, 6) is -1.68. The fourth-order valence-electron chi connectivity index (χ4n) is 1.87. The molecule has 0 saturated heterocycles. The normalized spacial score (nSPS) is 11.2. The Bertz CT molecular complexity index is 568. The molecule has 6 heteroatoms. The van der Waals surface area contributed by atoms with Crippen molar-refractivity contribution in [2.45, 2.75) is 25.8 Å². The first-order chi connectivity index (χ1) is 11.0. The molecule has 0 saturated carbocycles. The van der Waals surface area contributed by atoms with E-state index in [0.717, 1.165) is 5.56 Å². The quantitative estimate of drug-likeness (QED) is 0.578. The molecule has 0 aliphatic heterocycles. The summed E-state index contributed by atoms with van der Waals surface area (Å²) in [6.45, 7) is 5.44. The number of esters is 2. The summed E-state index contributed by atoms with van der Waals surface area (Å²) in [7, 11) is 1.23. The van der Waals surface area contributed by atoms with Crippen molar-refractivity contribution in [2.24, 2.45) is 0 Å². The van der Waals surface area contributed by atoms with Gasteiger partial charge in [-0.05, 0) is 12.5 Å². The van der Waals surface area contributed by atoms with Crippen LogP contribution in [0.5, 0.6) is 0 Å². The highest BCUT2D eigenvalue weighted by Gasteiger charge is 2.24. The average Bonchev–Trinajstić information content (AvgIpc) is 2.55. The molecule has 1 aromatic rings. The van der Waals surface area contributed by atoms with Gasteiger partial charge in [-0.1, -0.05) is 36.9 Å². The number of hydrogen-bond acceptors (Lipinski definition) is 5. The lowest BCUT2D eigenvalue weighted by Crippen LogP contribution is -2.44. The molecule has 0 radical (unpaired) electrons. The first kappa shape index (κ1) is 18.4. The maximum atomic E-state index is 12.1. The van der Waals surface area contributed by atoms with E-state index in [1.165, 1.54) is 7.11 Å². The van der Waals surface area contributed by atoms with Crippen molar-refractivity contribution in [1.29, 1.82) is 0 Å². The van der Waals surface area contributed by atoms with E-state index in [2.05, 4.69) is 16.6 Å². The third-order valence-electron chi connectivity index (χ3n) is 3.07. The zero-order valence-electron chi connectivity index (χ0n) is 13.3.